The van der Waals surface area contributed by atoms with Gasteiger partial charge in [-0.15, -0.1) is 0 Å². The van der Waals surface area contributed by atoms with E-state index in [1.807, 2.05) is 0 Å². The van der Waals surface area contributed by atoms with Crippen molar-refractivity contribution < 1.29 is 13.2 Å². The third-order valence-corrected chi connectivity index (χ3v) is 5.25. The Balaban J connectivity index is 2.54. The number of nitrogens with two attached hydrogens (primary N) is 1. The fourth-order valence-corrected chi connectivity index (χ4v) is 3.02. The van der Waals surface area contributed by atoms with Gasteiger partial charge in [-0.3, -0.25) is 4.79 Å². The van der Waals surface area contributed by atoms with Crippen LogP contribution in [0.3, 0.4) is 0 Å². The third-order valence-electron chi connectivity index (χ3n) is 2.88. The Bertz CT molecular complexity index is 361. The van der Waals surface area contributed by atoms with E-state index in [0.29, 0.717) is 6.42 Å². The third kappa shape index (κ3) is 3.93. The second-order valence-corrected chi connectivity index (χ2v) is 6.73. The van der Waals surface area contributed by atoms with E-state index in [0.717, 1.165) is 17.1 Å². The molecule has 0 saturated heterocycles. The van der Waals surface area contributed by atoms with E-state index in [-0.39, 0.29) is 25.0 Å². The van der Waals surface area contributed by atoms with E-state index in [9.17, 15) is 13.2 Å². The van der Waals surface area contributed by atoms with E-state index in [4.69, 9.17) is 5.73 Å². The van der Waals surface area contributed by atoms with Gasteiger partial charge in [0.15, 0.2) is 0 Å². The Morgan fingerprint density at radius 1 is 1.53 bits per heavy atom. The number of rotatable bonds is 7. The molecule has 0 spiro atoms. The fourth-order valence-electron chi connectivity index (χ4n) is 1.55. The Labute approximate surface area is 103 Å². The molecular weight excluding hydrogens is 242 g/mol. The van der Waals surface area contributed by atoms with Gasteiger partial charge in [-0.1, -0.05) is 6.92 Å². The molecule has 1 amide bonds. The molecule has 0 heterocycles. The second-order valence-electron chi connectivity index (χ2n) is 4.41. The molecule has 0 aromatic carbocycles. The highest BCUT2D eigenvalue weighted by Crippen LogP contribution is 2.18. The van der Waals surface area contributed by atoms with Gasteiger partial charge in [0.2, 0.25) is 15.9 Å². The molecular formula is C10H21N3O3S. The molecule has 100 valence electrons. The molecule has 7 heteroatoms. The minimum absolute atomic E-state index is 0.0768. The zero-order valence-corrected chi connectivity index (χ0v) is 11.2. The number of carbonyl (C=O) groups excluding carboxylic acids is 1. The summed E-state index contributed by atoms with van der Waals surface area (Å²) >= 11 is 0. The molecule has 17 heavy (non-hydrogen) atoms. The summed E-state index contributed by atoms with van der Waals surface area (Å²) in [6.07, 6.45) is 2.43. The van der Waals surface area contributed by atoms with Crippen molar-refractivity contribution in [2.45, 2.75) is 37.5 Å². The van der Waals surface area contributed by atoms with E-state index >= 15 is 0 Å². The highest BCUT2D eigenvalue weighted by atomic mass is 32.2. The largest absolute Gasteiger partial charge is 0.352 e. The smallest absolute Gasteiger partial charge is 0.235 e. The Morgan fingerprint density at radius 3 is 2.53 bits per heavy atom. The molecule has 1 unspecified atom stereocenters. The average Bonchev–Trinajstić information content (AvgIpc) is 3.02. The number of likely N-dealkylation sites (N-methyl/N-ethyl adjacent to an activating group) is 1. The van der Waals surface area contributed by atoms with Gasteiger partial charge < -0.3 is 11.1 Å². The van der Waals surface area contributed by atoms with E-state index < -0.39 is 15.3 Å². The Hall–Kier alpha value is -0.660. The first kappa shape index (κ1) is 14.4. The second kappa shape index (κ2) is 5.79. The van der Waals surface area contributed by atoms with Crippen molar-refractivity contribution >= 4 is 15.9 Å². The van der Waals surface area contributed by atoms with E-state index in [2.05, 4.69) is 5.32 Å². The van der Waals surface area contributed by atoms with Gasteiger partial charge in [-0.25, -0.2) is 8.42 Å². The highest BCUT2D eigenvalue weighted by Gasteiger charge is 2.30. The van der Waals surface area contributed by atoms with Crippen LogP contribution < -0.4 is 11.1 Å². The first-order chi connectivity index (χ1) is 7.91. The summed E-state index contributed by atoms with van der Waals surface area (Å²) in [7, 11) is -2.05. The number of hydrogen-bond acceptors (Lipinski definition) is 4. The highest BCUT2D eigenvalue weighted by molar-refractivity contribution is 7.89. The van der Waals surface area contributed by atoms with Crippen LogP contribution in [0, 0.1) is 0 Å². The minimum atomic E-state index is -3.46. The summed E-state index contributed by atoms with van der Waals surface area (Å²) in [4.78, 5) is 11.5. The standard InChI is InChI=1S/C10H21N3O3S/c1-3-9(6-11)17(15,16)13(2)7-10(14)12-8-4-5-8/h8-9H,3-7,11H2,1-2H3,(H,12,14). The molecule has 6 nitrogen and oxygen atoms in total. The van der Waals surface area contributed by atoms with Crippen molar-refractivity contribution in [2.24, 2.45) is 5.73 Å². The van der Waals surface area contributed by atoms with Gasteiger partial charge in [-0.05, 0) is 19.3 Å². The van der Waals surface area contributed by atoms with E-state index in [1.165, 1.54) is 7.05 Å². The normalized spacial score (nSPS) is 18.1. The van der Waals surface area contributed by atoms with Crippen LogP contribution in [0.25, 0.3) is 0 Å². The molecule has 1 aliphatic rings. The summed E-state index contributed by atoms with van der Waals surface area (Å²) in [6.45, 7) is 1.72. The van der Waals surface area contributed by atoms with E-state index in [1.54, 1.807) is 6.92 Å². The van der Waals surface area contributed by atoms with Crippen molar-refractivity contribution in [2.75, 3.05) is 20.1 Å². The summed E-state index contributed by atoms with van der Waals surface area (Å²) in [5.41, 5.74) is 5.42. The first-order valence-electron chi connectivity index (χ1n) is 5.86. The van der Waals surface area contributed by atoms with Crippen molar-refractivity contribution in [1.82, 2.24) is 9.62 Å². The topological polar surface area (TPSA) is 92.5 Å². The van der Waals surface area contributed by atoms with Crippen molar-refractivity contribution in [3.63, 3.8) is 0 Å². The number of sulfonamides is 1. The maximum absolute atomic E-state index is 12.0. The number of hydrogen-bond donors (Lipinski definition) is 2. The monoisotopic (exact) mass is 263 g/mol. The molecule has 1 fully saturated rings. The van der Waals surface area contributed by atoms with Crippen LogP contribution >= 0.6 is 0 Å². The Kier molecular flexibility index (Phi) is 4.91. The minimum Gasteiger partial charge on any atom is -0.352 e. The number of nitrogens with zero attached hydrogens (tertiary/aromatic N) is 1. The predicted molar refractivity (Wildman–Crippen MR) is 65.8 cm³/mol. The number of nitrogens with one attached hydrogen (secondary N) is 1. The lowest BCUT2D eigenvalue weighted by atomic mass is 10.3. The summed E-state index contributed by atoms with van der Waals surface area (Å²) in [6, 6.07) is 0.245. The Morgan fingerprint density at radius 2 is 2.12 bits per heavy atom. The summed E-state index contributed by atoms with van der Waals surface area (Å²) in [5.74, 6) is -0.245. The van der Waals surface area contributed by atoms with Gasteiger partial charge in [0, 0.05) is 19.6 Å². The fraction of sp³-hybridized carbons (Fsp3) is 0.900. The SMILES string of the molecule is CCC(CN)S(=O)(=O)N(C)CC(=O)NC1CC1. The van der Waals surface area contributed by atoms with Crippen molar-refractivity contribution in [3.05, 3.63) is 0 Å². The molecule has 1 saturated carbocycles. The van der Waals surface area contributed by atoms with Gasteiger partial charge in [0.25, 0.3) is 0 Å². The number of amides is 1. The molecule has 0 radical (unpaired) electrons. The van der Waals surface area contributed by atoms with Gasteiger partial charge in [0.1, 0.15) is 0 Å². The van der Waals surface area contributed by atoms with Crippen LogP contribution in [-0.2, 0) is 14.8 Å². The van der Waals surface area contributed by atoms with Crippen LogP contribution in [0.15, 0.2) is 0 Å². The summed E-state index contributed by atoms with van der Waals surface area (Å²) in [5, 5.41) is 2.15. The molecule has 0 aromatic rings. The van der Waals surface area contributed by atoms with Crippen LogP contribution in [0.5, 0.6) is 0 Å². The quantitative estimate of drug-likeness (QED) is 0.633. The molecule has 0 bridgehead atoms. The lowest BCUT2D eigenvalue weighted by molar-refractivity contribution is -0.121. The molecule has 0 aromatic heterocycles. The zero-order valence-electron chi connectivity index (χ0n) is 10.3. The van der Waals surface area contributed by atoms with Crippen LogP contribution in [0.2, 0.25) is 0 Å². The zero-order chi connectivity index (χ0) is 13.1. The maximum atomic E-state index is 12.0. The van der Waals surface area contributed by atoms with Gasteiger partial charge in [-0.2, -0.15) is 4.31 Å². The first-order valence-corrected chi connectivity index (χ1v) is 7.36. The lowest BCUT2D eigenvalue weighted by Gasteiger charge is -2.22. The lowest BCUT2D eigenvalue weighted by Crippen LogP contribution is -2.44. The van der Waals surface area contributed by atoms with Crippen molar-refractivity contribution in [3.8, 4) is 0 Å². The molecule has 1 atom stereocenters. The molecule has 3 N–H and O–H groups in total. The number of carbonyl (C=O) groups is 1. The molecule has 0 aliphatic heterocycles. The average molecular weight is 263 g/mol. The van der Waals surface area contributed by atoms with Gasteiger partial charge >= 0.3 is 0 Å². The maximum Gasteiger partial charge on any atom is 0.235 e. The van der Waals surface area contributed by atoms with Gasteiger partial charge in [0.05, 0.1) is 11.8 Å². The summed E-state index contributed by atoms with van der Waals surface area (Å²) < 4.78 is 25.1. The predicted octanol–water partition coefficient (Wildman–Crippen LogP) is -0.736. The van der Waals surface area contributed by atoms with Crippen molar-refractivity contribution in [1.29, 1.82) is 0 Å². The molecule has 1 aliphatic carbocycles. The molecule has 1 rings (SSSR count). The van der Waals surface area contributed by atoms with Crippen LogP contribution in [0.4, 0.5) is 0 Å². The van der Waals surface area contributed by atoms with Crippen LogP contribution in [0.1, 0.15) is 26.2 Å². The van der Waals surface area contributed by atoms with Crippen LogP contribution in [-0.4, -0.2) is 50.1 Å².